The predicted octanol–water partition coefficient (Wildman–Crippen LogP) is 2.22. The molecule has 2 aliphatic rings. The minimum atomic E-state index is -0.224. The minimum Gasteiger partial charge on any atom is -0.377 e. The molecule has 0 bridgehead atoms. The van der Waals surface area contributed by atoms with Gasteiger partial charge in [0.15, 0.2) is 0 Å². The summed E-state index contributed by atoms with van der Waals surface area (Å²) in [6, 6.07) is 6.70. The average molecular weight is 321 g/mol. The molecule has 1 aromatic rings. The molecular formula is C17H24FN3O2. The van der Waals surface area contributed by atoms with E-state index in [0.29, 0.717) is 19.6 Å². The summed E-state index contributed by atoms with van der Waals surface area (Å²) in [5.74, 6) is -0.224. The van der Waals surface area contributed by atoms with Crippen LogP contribution < -0.4 is 10.2 Å². The van der Waals surface area contributed by atoms with Gasteiger partial charge in [-0.2, -0.15) is 0 Å². The van der Waals surface area contributed by atoms with Crippen LogP contribution in [0.2, 0.25) is 0 Å². The predicted molar refractivity (Wildman–Crippen MR) is 87.2 cm³/mol. The largest absolute Gasteiger partial charge is 0.377 e. The average Bonchev–Trinajstić information content (AvgIpc) is 2.55. The number of nitrogens with zero attached hydrogens (tertiary/aromatic N) is 2. The maximum Gasteiger partial charge on any atom is 0.317 e. The van der Waals surface area contributed by atoms with Crippen molar-refractivity contribution in [1.82, 2.24) is 10.2 Å². The molecule has 2 heterocycles. The van der Waals surface area contributed by atoms with Crippen molar-refractivity contribution in [3.05, 3.63) is 30.1 Å². The van der Waals surface area contributed by atoms with Gasteiger partial charge in [-0.15, -0.1) is 0 Å². The highest BCUT2D eigenvalue weighted by molar-refractivity contribution is 5.74. The van der Waals surface area contributed by atoms with Crippen molar-refractivity contribution in [2.45, 2.75) is 31.4 Å². The number of ether oxygens (including phenoxy) is 1. The Balaban J connectivity index is 1.75. The summed E-state index contributed by atoms with van der Waals surface area (Å²) in [7, 11) is 1.73. The zero-order valence-electron chi connectivity index (χ0n) is 13.7. The summed E-state index contributed by atoms with van der Waals surface area (Å²) < 4.78 is 19.2. The van der Waals surface area contributed by atoms with Crippen molar-refractivity contribution < 1.29 is 13.9 Å². The highest BCUT2D eigenvalue weighted by Crippen LogP contribution is 2.44. The molecule has 23 heavy (non-hydrogen) atoms. The van der Waals surface area contributed by atoms with Crippen LogP contribution in [0.1, 0.15) is 19.8 Å². The number of likely N-dealkylation sites (tertiary alicyclic amines) is 1. The van der Waals surface area contributed by atoms with E-state index in [9.17, 15) is 9.18 Å². The number of halogens is 1. The number of carbonyl (C=O) groups excluding carboxylic acids is 1. The van der Waals surface area contributed by atoms with Gasteiger partial charge >= 0.3 is 6.03 Å². The number of urea groups is 1. The van der Waals surface area contributed by atoms with Gasteiger partial charge < -0.3 is 19.9 Å². The summed E-state index contributed by atoms with van der Waals surface area (Å²) in [5, 5.41) is 2.85. The molecule has 1 atom stereocenters. The molecule has 0 radical (unpaired) electrons. The number of rotatable bonds is 3. The van der Waals surface area contributed by atoms with Crippen LogP contribution in [0.25, 0.3) is 0 Å². The molecule has 2 amide bonds. The third kappa shape index (κ3) is 2.76. The van der Waals surface area contributed by atoms with E-state index in [2.05, 4.69) is 10.2 Å². The van der Waals surface area contributed by atoms with Crippen molar-refractivity contribution in [2.24, 2.45) is 0 Å². The number of benzene rings is 1. The topological polar surface area (TPSA) is 44.8 Å². The first-order valence-electron chi connectivity index (χ1n) is 8.19. The fourth-order valence-electron chi connectivity index (χ4n) is 3.83. The van der Waals surface area contributed by atoms with Gasteiger partial charge in [0.25, 0.3) is 0 Å². The minimum absolute atomic E-state index is 0.00653. The number of anilines is 1. The maximum absolute atomic E-state index is 13.6. The summed E-state index contributed by atoms with van der Waals surface area (Å²) in [6.45, 7) is 4.70. The van der Waals surface area contributed by atoms with E-state index < -0.39 is 0 Å². The Bertz CT molecular complexity index is 573. The second-order valence-corrected chi connectivity index (χ2v) is 6.24. The zero-order chi connectivity index (χ0) is 16.4. The lowest BCUT2D eigenvalue weighted by Gasteiger charge is -2.61. The molecule has 2 fully saturated rings. The van der Waals surface area contributed by atoms with E-state index in [0.717, 1.165) is 25.1 Å². The van der Waals surface area contributed by atoms with Gasteiger partial charge in [-0.1, -0.05) is 6.07 Å². The van der Waals surface area contributed by atoms with Crippen molar-refractivity contribution in [3.8, 4) is 0 Å². The first-order chi connectivity index (χ1) is 11.1. The van der Waals surface area contributed by atoms with E-state index in [4.69, 9.17) is 4.74 Å². The molecule has 0 saturated carbocycles. The molecule has 1 N–H and O–H groups in total. The number of amides is 2. The van der Waals surface area contributed by atoms with Gasteiger partial charge in [-0.05, 0) is 38.0 Å². The number of nitrogens with one attached hydrogen (secondary N) is 1. The molecule has 5 nitrogen and oxygen atoms in total. The molecular weight excluding hydrogens is 297 g/mol. The molecule has 2 aliphatic heterocycles. The number of methoxy groups -OCH3 is 1. The van der Waals surface area contributed by atoms with E-state index >= 15 is 0 Å². The van der Waals surface area contributed by atoms with Gasteiger partial charge in [0.2, 0.25) is 0 Å². The van der Waals surface area contributed by atoms with Crippen LogP contribution in [0.3, 0.4) is 0 Å². The number of hydrogen-bond acceptors (Lipinski definition) is 3. The summed E-state index contributed by atoms with van der Waals surface area (Å²) >= 11 is 0. The van der Waals surface area contributed by atoms with Gasteiger partial charge in [0.1, 0.15) is 5.82 Å². The van der Waals surface area contributed by atoms with Crippen LogP contribution >= 0.6 is 0 Å². The first kappa shape index (κ1) is 16.1. The normalized spacial score (nSPS) is 22.8. The third-order valence-corrected chi connectivity index (χ3v) is 5.13. The SMILES string of the molecule is CCNC(=O)N1CCC2(CC1)C(OC)CN2c1cccc(F)c1. The number of hydrogen-bond donors (Lipinski definition) is 1. The van der Waals surface area contributed by atoms with Gasteiger partial charge in [-0.25, -0.2) is 9.18 Å². The number of carbonyl (C=O) groups is 1. The summed E-state index contributed by atoms with van der Waals surface area (Å²) in [5.41, 5.74) is 0.760. The maximum atomic E-state index is 13.6. The van der Waals surface area contributed by atoms with Crippen molar-refractivity contribution in [3.63, 3.8) is 0 Å². The Morgan fingerprint density at radius 2 is 2.17 bits per heavy atom. The Hall–Kier alpha value is -1.82. The van der Waals surface area contributed by atoms with Crippen LogP contribution in [-0.4, -0.2) is 55.9 Å². The first-order valence-corrected chi connectivity index (χ1v) is 8.19. The molecule has 6 heteroatoms. The van der Waals surface area contributed by atoms with E-state index in [1.165, 1.54) is 6.07 Å². The smallest absolute Gasteiger partial charge is 0.317 e. The number of piperidine rings is 1. The van der Waals surface area contributed by atoms with Crippen molar-refractivity contribution in [1.29, 1.82) is 0 Å². The molecule has 1 unspecified atom stereocenters. The van der Waals surface area contributed by atoms with Gasteiger partial charge in [0.05, 0.1) is 11.6 Å². The van der Waals surface area contributed by atoms with E-state index in [1.54, 1.807) is 19.2 Å². The molecule has 3 rings (SSSR count). The van der Waals surface area contributed by atoms with Crippen molar-refractivity contribution in [2.75, 3.05) is 38.2 Å². The second kappa shape index (κ2) is 6.35. The highest BCUT2D eigenvalue weighted by atomic mass is 19.1. The van der Waals surface area contributed by atoms with Crippen LogP contribution in [0, 0.1) is 5.82 Å². The Morgan fingerprint density at radius 1 is 1.43 bits per heavy atom. The molecule has 1 spiro atoms. The lowest BCUT2D eigenvalue weighted by atomic mass is 9.73. The van der Waals surface area contributed by atoms with Gasteiger partial charge in [-0.3, -0.25) is 0 Å². The van der Waals surface area contributed by atoms with Crippen LogP contribution in [0.5, 0.6) is 0 Å². The second-order valence-electron chi connectivity index (χ2n) is 6.24. The summed E-state index contributed by atoms with van der Waals surface area (Å²) in [4.78, 5) is 16.1. The zero-order valence-corrected chi connectivity index (χ0v) is 13.7. The summed E-state index contributed by atoms with van der Waals surface area (Å²) in [6.07, 6.45) is 1.79. The fourth-order valence-corrected chi connectivity index (χ4v) is 3.83. The Labute approximate surface area is 136 Å². The van der Waals surface area contributed by atoms with E-state index in [-0.39, 0.29) is 23.5 Å². The Kier molecular flexibility index (Phi) is 4.43. The standard InChI is InChI=1S/C17H24FN3O2/c1-3-19-16(22)20-9-7-17(8-10-20)15(23-2)12-21(17)14-6-4-5-13(18)11-14/h4-6,11,15H,3,7-10,12H2,1-2H3,(H,19,22). The molecule has 2 saturated heterocycles. The van der Waals surface area contributed by atoms with Crippen LogP contribution in [-0.2, 0) is 4.74 Å². The van der Waals surface area contributed by atoms with Crippen LogP contribution in [0.15, 0.2) is 24.3 Å². The highest BCUT2D eigenvalue weighted by Gasteiger charge is 2.55. The third-order valence-electron chi connectivity index (χ3n) is 5.13. The molecule has 126 valence electrons. The quantitative estimate of drug-likeness (QED) is 0.928. The van der Waals surface area contributed by atoms with E-state index in [1.807, 2.05) is 17.9 Å². The van der Waals surface area contributed by atoms with Crippen LogP contribution in [0.4, 0.5) is 14.9 Å². The monoisotopic (exact) mass is 321 g/mol. The lowest BCUT2D eigenvalue weighted by molar-refractivity contribution is -0.0416. The van der Waals surface area contributed by atoms with Gasteiger partial charge in [0, 0.05) is 39.0 Å². The molecule has 1 aromatic carbocycles. The fraction of sp³-hybridized carbons (Fsp3) is 0.588. The molecule has 0 aliphatic carbocycles. The Morgan fingerprint density at radius 3 is 2.78 bits per heavy atom. The molecule has 0 aromatic heterocycles. The van der Waals surface area contributed by atoms with Crippen molar-refractivity contribution >= 4 is 11.7 Å². The lowest BCUT2D eigenvalue weighted by Crippen LogP contribution is -2.74.